The first-order valence-corrected chi connectivity index (χ1v) is 10.6. The molecule has 2 aliphatic rings. The highest BCUT2D eigenvalue weighted by Gasteiger charge is 2.22. The van der Waals surface area contributed by atoms with Crippen LogP contribution in [-0.4, -0.2) is 87.9 Å². The molecule has 0 aromatic carbocycles. The summed E-state index contributed by atoms with van der Waals surface area (Å²) in [5, 5.41) is 7.02. The zero-order valence-electron chi connectivity index (χ0n) is 17.5. The van der Waals surface area contributed by atoms with Crippen LogP contribution in [0, 0.1) is 11.8 Å². The molecule has 152 valence electrons. The van der Waals surface area contributed by atoms with Crippen LogP contribution in [0.15, 0.2) is 4.99 Å². The molecule has 0 amide bonds. The van der Waals surface area contributed by atoms with Crippen molar-refractivity contribution in [3.8, 4) is 0 Å². The summed E-state index contributed by atoms with van der Waals surface area (Å²) in [5.74, 6) is 2.39. The van der Waals surface area contributed by atoms with Gasteiger partial charge in [-0.05, 0) is 51.6 Å². The number of ether oxygens (including phenoxy) is 1. The molecule has 0 aliphatic carbocycles. The van der Waals surface area contributed by atoms with E-state index in [0.29, 0.717) is 12.0 Å². The van der Waals surface area contributed by atoms with Crippen LogP contribution in [0.4, 0.5) is 0 Å². The van der Waals surface area contributed by atoms with Gasteiger partial charge in [-0.15, -0.1) is 0 Å². The number of nitrogens with one attached hydrogen (secondary N) is 2. The predicted octanol–water partition coefficient (Wildman–Crippen LogP) is 1.63. The Bertz CT molecular complexity index is 409. The van der Waals surface area contributed by atoms with Crippen LogP contribution in [0.25, 0.3) is 0 Å². The molecule has 6 nitrogen and oxygen atoms in total. The van der Waals surface area contributed by atoms with Crippen LogP contribution in [0.2, 0.25) is 0 Å². The van der Waals surface area contributed by atoms with E-state index in [9.17, 15) is 0 Å². The molecule has 0 spiro atoms. The lowest BCUT2D eigenvalue weighted by Gasteiger charge is -2.34. The third-order valence-corrected chi connectivity index (χ3v) is 5.39. The van der Waals surface area contributed by atoms with E-state index in [1.54, 1.807) is 0 Å². The first-order chi connectivity index (χ1) is 12.6. The number of nitrogens with zero attached hydrogens (tertiary/aromatic N) is 3. The topological polar surface area (TPSA) is 52.1 Å². The van der Waals surface area contributed by atoms with Gasteiger partial charge in [0, 0.05) is 38.8 Å². The van der Waals surface area contributed by atoms with Crippen LogP contribution in [0.3, 0.4) is 0 Å². The summed E-state index contributed by atoms with van der Waals surface area (Å²) in [7, 11) is 2.23. The van der Waals surface area contributed by atoms with E-state index in [0.717, 1.165) is 57.8 Å². The Kier molecular flexibility index (Phi) is 9.72. The van der Waals surface area contributed by atoms with Gasteiger partial charge in [-0.25, -0.2) is 0 Å². The standard InChI is InChI=1S/C20H41N5O/c1-5-21-20(22-14-18-7-6-8-24(4)16-18)23-15-19(13-17(2)3)25-9-11-26-12-10-25/h17-19H,5-16H2,1-4H3,(H2,21,22,23). The Labute approximate surface area is 160 Å². The Morgan fingerprint density at radius 3 is 2.62 bits per heavy atom. The maximum Gasteiger partial charge on any atom is 0.191 e. The van der Waals surface area contributed by atoms with Gasteiger partial charge in [-0.2, -0.15) is 0 Å². The second-order valence-electron chi connectivity index (χ2n) is 8.30. The summed E-state index contributed by atoms with van der Waals surface area (Å²) < 4.78 is 5.53. The number of guanidine groups is 1. The average molecular weight is 368 g/mol. The van der Waals surface area contributed by atoms with Crippen LogP contribution in [0.1, 0.15) is 40.0 Å². The fraction of sp³-hybridized carbons (Fsp3) is 0.950. The second kappa shape index (κ2) is 11.8. The molecule has 2 saturated heterocycles. The molecule has 0 aromatic heterocycles. The van der Waals surface area contributed by atoms with Gasteiger partial charge in [-0.1, -0.05) is 13.8 Å². The third-order valence-electron chi connectivity index (χ3n) is 5.39. The van der Waals surface area contributed by atoms with E-state index >= 15 is 0 Å². The summed E-state index contributed by atoms with van der Waals surface area (Å²) in [6.07, 6.45) is 3.82. The Hall–Kier alpha value is -0.850. The molecule has 26 heavy (non-hydrogen) atoms. The Morgan fingerprint density at radius 1 is 1.19 bits per heavy atom. The lowest BCUT2D eigenvalue weighted by molar-refractivity contribution is 0.0143. The molecule has 0 bridgehead atoms. The summed E-state index contributed by atoms with van der Waals surface area (Å²) >= 11 is 0. The zero-order valence-corrected chi connectivity index (χ0v) is 17.5. The molecule has 2 atom stereocenters. The van der Waals surface area contributed by atoms with Crippen molar-refractivity contribution in [1.82, 2.24) is 20.4 Å². The van der Waals surface area contributed by atoms with Crippen LogP contribution < -0.4 is 10.6 Å². The number of rotatable bonds is 8. The van der Waals surface area contributed by atoms with Crippen molar-refractivity contribution in [2.45, 2.75) is 46.1 Å². The van der Waals surface area contributed by atoms with E-state index in [2.05, 4.69) is 48.3 Å². The SMILES string of the molecule is CCNC(=NCC(CC(C)C)N1CCOCC1)NCC1CCCN(C)C1. The van der Waals surface area contributed by atoms with Crippen molar-refractivity contribution < 1.29 is 4.74 Å². The van der Waals surface area contributed by atoms with Gasteiger partial charge in [0.25, 0.3) is 0 Å². The minimum absolute atomic E-state index is 0.509. The summed E-state index contributed by atoms with van der Waals surface area (Å²) in [6.45, 7) is 15.7. The van der Waals surface area contributed by atoms with E-state index < -0.39 is 0 Å². The normalized spacial score (nSPS) is 24.7. The van der Waals surface area contributed by atoms with Crippen molar-refractivity contribution >= 4 is 5.96 Å². The van der Waals surface area contributed by atoms with Gasteiger partial charge >= 0.3 is 0 Å². The number of hydrogen-bond acceptors (Lipinski definition) is 4. The van der Waals surface area contributed by atoms with Gasteiger partial charge in [0.15, 0.2) is 5.96 Å². The van der Waals surface area contributed by atoms with Gasteiger partial charge in [-0.3, -0.25) is 9.89 Å². The molecule has 2 N–H and O–H groups in total. The third kappa shape index (κ3) is 7.80. The quantitative estimate of drug-likeness (QED) is 0.504. The minimum Gasteiger partial charge on any atom is -0.379 e. The van der Waals surface area contributed by atoms with Crippen molar-refractivity contribution in [2.24, 2.45) is 16.8 Å². The van der Waals surface area contributed by atoms with Crippen molar-refractivity contribution in [2.75, 3.05) is 66.1 Å². The Morgan fingerprint density at radius 2 is 1.96 bits per heavy atom. The molecular weight excluding hydrogens is 326 g/mol. The minimum atomic E-state index is 0.509. The lowest BCUT2D eigenvalue weighted by atomic mass is 9.98. The van der Waals surface area contributed by atoms with Crippen LogP contribution in [-0.2, 0) is 4.74 Å². The highest BCUT2D eigenvalue weighted by molar-refractivity contribution is 5.79. The molecule has 2 heterocycles. The van der Waals surface area contributed by atoms with E-state index in [-0.39, 0.29) is 0 Å². The maximum absolute atomic E-state index is 5.53. The first kappa shape index (κ1) is 21.5. The summed E-state index contributed by atoms with van der Waals surface area (Å²) in [4.78, 5) is 9.95. The highest BCUT2D eigenvalue weighted by atomic mass is 16.5. The molecule has 2 unspecified atom stereocenters. The lowest BCUT2D eigenvalue weighted by Crippen LogP contribution is -2.47. The monoisotopic (exact) mass is 367 g/mol. The second-order valence-corrected chi connectivity index (χ2v) is 8.30. The van der Waals surface area contributed by atoms with E-state index in [1.807, 2.05) is 0 Å². The molecule has 0 radical (unpaired) electrons. The fourth-order valence-corrected chi connectivity index (χ4v) is 4.05. The fourth-order valence-electron chi connectivity index (χ4n) is 4.05. The van der Waals surface area contributed by atoms with E-state index in [1.165, 1.54) is 32.4 Å². The predicted molar refractivity (Wildman–Crippen MR) is 110 cm³/mol. The van der Waals surface area contributed by atoms with Crippen molar-refractivity contribution in [3.63, 3.8) is 0 Å². The molecule has 0 saturated carbocycles. The van der Waals surface area contributed by atoms with Crippen LogP contribution in [0.5, 0.6) is 0 Å². The number of aliphatic imine (C=N–C) groups is 1. The molecule has 2 rings (SSSR count). The molecule has 6 heteroatoms. The molecule has 2 aliphatic heterocycles. The van der Waals surface area contributed by atoms with Gasteiger partial charge in [0.2, 0.25) is 0 Å². The van der Waals surface area contributed by atoms with Gasteiger partial charge in [0.1, 0.15) is 0 Å². The zero-order chi connectivity index (χ0) is 18.8. The maximum atomic E-state index is 5.53. The van der Waals surface area contributed by atoms with E-state index in [4.69, 9.17) is 9.73 Å². The summed E-state index contributed by atoms with van der Waals surface area (Å²) in [5.41, 5.74) is 0. The Balaban J connectivity index is 1.88. The molecular formula is C20H41N5O. The number of piperidine rings is 1. The van der Waals surface area contributed by atoms with Gasteiger partial charge in [0.05, 0.1) is 19.8 Å². The number of hydrogen-bond donors (Lipinski definition) is 2. The number of morpholine rings is 1. The molecule has 0 aromatic rings. The smallest absolute Gasteiger partial charge is 0.191 e. The summed E-state index contributed by atoms with van der Waals surface area (Å²) in [6, 6.07) is 0.509. The van der Waals surface area contributed by atoms with Crippen molar-refractivity contribution in [1.29, 1.82) is 0 Å². The van der Waals surface area contributed by atoms with Crippen LogP contribution >= 0.6 is 0 Å². The van der Waals surface area contributed by atoms with Crippen molar-refractivity contribution in [3.05, 3.63) is 0 Å². The highest BCUT2D eigenvalue weighted by Crippen LogP contribution is 2.15. The van der Waals surface area contributed by atoms with Gasteiger partial charge < -0.3 is 20.3 Å². The molecule has 2 fully saturated rings. The number of likely N-dealkylation sites (tertiary alicyclic amines) is 1. The average Bonchev–Trinajstić information content (AvgIpc) is 2.63. The largest absolute Gasteiger partial charge is 0.379 e. The first-order valence-electron chi connectivity index (χ1n) is 10.6.